The van der Waals surface area contributed by atoms with E-state index < -0.39 is 0 Å². The van der Waals surface area contributed by atoms with E-state index in [9.17, 15) is 0 Å². The monoisotopic (exact) mass is 239 g/mol. The summed E-state index contributed by atoms with van der Waals surface area (Å²) in [5.74, 6) is 0. The van der Waals surface area contributed by atoms with Crippen molar-refractivity contribution in [1.29, 1.82) is 0 Å². The van der Waals surface area contributed by atoms with E-state index in [0.29, 0.717) is 0 Å². The molecule has 1 aliphatic carbocycles. The van der Waals surface area contributed by atoms with Crippen LogP contribution in [-0.2, 0) is 0 Å². The van der Waals surface area contributed by atoms with Crippen LogP contribution in [0.25, 0.3) is 0 Å². The third-order valence-corrected chi connectivity index (χ3v) is 4.17. The van der Waals surface area contributed by atoms with E-state index in [1.165, 1.54) is 65.0 Å². The first-order chi connectivity index (χ1) is 8.29. The second-order valence-electron chi connectivity index (χ2n) is 5.71. The van der Waals surface area contributed by atoms with Gasteiger partial charge in [-0.2, -0.15) is 0 Å². The first-order valence-corrected chi connectivity index (χ1v) is 7.49. The normalized spacial score (nSPS) is 27.5. The summed E-state index contributed by atoms with van der Waals surface area (Å²) in [5.41, 5.74) is 0. The van der Waals surface area contributed by atoms with Gasteiger partial charge in [-0.3, -0.25) is 4.90 Å². The van der Waals surface area contributed by atoms with Gasteiger partial charge < -0.3 is 10.2 Å². The molecule has 1 saturated carbocycles. The lowest BCUT2D eigenvalue weighted by molar-refractivity contribution is 0.0870. The molecule has 3 heteroatoms. The molecule has 17 heavy (non-hydrogen) atoms. The molecule has 1 N–H and O–H groups in total. The molecule has 1 unspecified atom stereocenters. The van der Waals surface area contributed by atoms with Gasteiger partial charge in [0.15, 0.2) is 0 Å². The van der Waals surface area contributed by atoms with Crippen molar-refractivity contribution in [1.82, 2.24) is 15.1 Å². The van der Waals surface area contributed by atoms with Gasteiger partial charge in [0.1, 0.15) is 0 Å². The van der Waals surface area contributed by atoms with Crippen LogP contribution in [0.1, 0.15) is 39.5 Å². The second kappa shape index (κ2) is 6.72. The summed E-state index contributed by atoms with van der Waals surface area (Å²) in [6.07, 6.45) is 5.53. The highest BCUT2D eigenvalue weighted by Gasteiger charge is 2.22. The molecule has 3 nitrogen and oxygen atoms in total. The number of likely N-dealkylation sites (N-methyl/N-ethyl adjacent to an activating group) is 1. The summed E-state index contributed by atoms with van der Waals surface area (Å²) < 4.78 is 0. The van der Waals surface area contributed by atoms with Crippen molar-refractivity contribution in [3.8, 4) is 0 Å². The van der Waals surface area contributed by atoms with Crippen LogP contribution in [0.5, 0.6) is 0 Å². The predicted octanol–water partition coefficient (Wildman–Crippen LogP) is 1.54. The van der Waals surface area contributed by atoms with Gasteiger partial charge in [-0.15, -0.1) is 0 Å². The van der Waals surface area contributed by atoms with Crippen LogP contribution in [0.3, 0.4) is 0 Å². The van der Waals surface area contributed by atoms with Crippen molar-refractivity contribution >= 4 is 0 Å². The number of rotatable bonds is 7. The molecule has 2 rings (SSSR count). The fourth-order valence-electron chi connectivity index (χ4n) is 2.80. The van der Waals surface area contributed by atoms with Gasteiger partial charge in [-0.25, -0.2) is 0 Å². The molecule has 1 saturated heterocycles. The Morgan fingerprint density at radius 2 is 2.00 bits per heavy atom. The van der Waals surface area contributed by atoms with Crippen molar-refractivity contribution in [2.75, 3.05) is 39.3 Å². The SMILES string of the molecule is CCN1CCN(CCCCNC2CC2)CC1C. The van der Waals surface area contributed by atoms with Crippen LogP contribution in [0.2, 0.25) is 0 Å². The molecule has 0 radical (unpaired) electrons. The Kier molecular flexibility index (Phi) is 5.26. The Morgan fingerprint density at radius 1 is 1.18 bits per heavy atom. The van der Waals surface area contributed by atoms with E-state index in [4.69, 9.17) is 0 Å². The first kappa shape index (κ1) is 13.3. The topological polar surface area (TPSA) is 18.5 Å². The van der Waals surface area contributed by atoms with Gasteiger partial charge in [-0.05, 0) is 52.2 Å². The summed E-state index contributed by atoms with van der Waals surface area (Å²) in [6, 6.07) is 1.63. The zero-order valence-corrected chi connectivity index (χ0v) is 11.6. The van der Waals surface area contributed by atoms with Crippen LogP contribution < -0.4 is 5.32 Å². The van der Waals surface area contributed by atoms with Crippen molar-refractivity contribution in [2.45, 2.75) is 51.6 Å². The lowest BCUT2D eigenvalue weighted by Crippen LogP contribution is -2.51. The van der Waals surface area contributed by atoms with Crippen molar-refractivity contribution in [3.63, 3.8) is 0 Å². The van der Waals surface area contributed by atoms with E-state index in [1.54, 1.807) is 0 Å². The van der Waals surface area contributed by atoms with E-state index in [-0.39, 0.29) is 0 Å². The lowest BCUT2D eigenvalue weighted by Gasteiger charge is -2.39. The Labute approximate surface area is 107 Å². The summed E-state index contributed by atoms with van der Waals surface area (Å²) in [5, 5.41) is 3.59. The zero-order valence-electron chi connectivity index (χ0n) is 11.6. The van der Waals surface area contributed by atoms with Gasteiger partial charge in [0.25, 0.3) is 0 Å². The minimum Gasteiger partial charge on any atom is -0.314 e. The molecule has 0 amide bonds. The molecule has 100 valence electrons. The van der Waals surface area contributed by atoms with E-state index in [0.717, 1.165) is 12.1 Å². The van der Waals surface area contributed by atoms with Gasteiger partial charge in [0.05, 0.1) is 0 Å². The predicted molar refractivity (Wildman–Crippen MR) is 73.4 cm³/mol. The molecular weight excluding hydrogens is 210 g/mol. The van der Waals surface area contributed by atoms with E-state index >= 15 is 0 Å². The van der Waals surface area contributed by atoms with Crippen LogP contribution in [0.15, 0.2) is 0 Å². The fraction of sp³-hybridized carbons (Fsp3) is 1.00. The number of hydrogen-bond acceptors (Lipinski definition) is 3. The quantitative estimate of drug-likeness (QED) is 0.680. The maximum Gasteiger partial charge on any atom is 0.0195 e. The standard InChI is InChI=1S/C14H29N3/c1-3-17-11-10-16(12-13(17)2)9-5-4-8-15-14-6-7-14/h13-15H,3-12H2,1-2H3. The molecule has 2 fully saturated rings. The number of hydrogen-bond donors (Lipinski definition) is 1. The highest BCUT2D eigenvalue weighted by molar-refractivity contribution is 4.81. The summed E-state index contributed by atoms with van der Waals surface area (Å²) in [7, 11) is 0. The number of nitrogens with one attached hydrogen (secondary N) is 1. The van der Waals surface area contributed by atoms with Gasteiger partial charge in [0.2, 0.25) is 0 Å². The van der Waals surface area contributed by atoms with Crippen molar-refractivity contribution < 1.29 is 0 Å². The van der Waals surface area contributed by atoms with E-state index in [1.807, 2.05) is 0 Å². The Morgan fingerprint density at radius 3 is 2.65 bits per heavy atom. The molecule has 0 spiro atoms. The average Bonchev–Trinajstić information content (AvgIpc) is 3.13. The van der Waals surface area contributed by atoms with E-state index in [2.05, 4.69) is 29.0 Å². The first-order valence-electron chi connectivity index (χ1n) is 7.49. The lowest BCUT2D eigenvalue weighted by atomic mass is 10.1. The minimum absolute atomic E-state index is 0.748. The smallest absolute Gasteiger partial charge is 0.0195 e. The van der Waals surface area contributed by atoms with Crippen LogP contribution >= 0.6 is 0 Å². The summed E-state index contributed by atoms with van der Waals surface area (Å²) in [4.78, 5) is 5.24. The van der Waals surface area contributed by atoms with Gasteiger partial charge >= 0.3 is 0 Å². The Bertz CT molecular complexity index is 216. The molecule has 0 aromatic heterocycles. The van der Waals surface area contributed by atoms with Crippen molar-refractivity contribution in [3.05, 3.63) is 0 Å². The van der Waals surface area contributed by atoms with Crippen molar-refractivity contribution in [2.24, 2.45) is 0 Å². The molecule has 1 heterocycles. The Hall–Kier alpha value is -0.120. The number of nitrogens with zero attached hydrogens (tertiary/aromatic N) is 2. The van der Waals surface area contributed by atoms with Crippen LogP contribution in [-0.4, -0.2) is 61.2 Å². The zero-order chi connectivity index (χ0) is 12.1. The Balaban J connectivity index is 1.50. The molecule has 0 aromatic rings. The molecule has 0 aromatic carbocycles. The molecule has 2 aliphatic rings. The maximum atomic E-state index is 3.59. The maximum absolute atomic E-state index is 3.59. The molecule has 1 atom stereocenters. The van der Waals surface area contributed by atoms with Crippen LogP contribution in [0.4, 0.5) is 0 Å². The second-order valence-corrected chi connectivity index (χ2v) is 5.71. The van der Waals surface area contributed by atoms with Crippen LogP contribution in [0, 0.1) is 0 Å². The minimum atomic E-state index is 0.748. The highest BCUT2D eigenvalue weighted by Crippen LogP contribution is 2.18. The number of unbranched alkanes of at least 4 members (excludes halogenated alkanes) is 1. The highest BCUT2D eigenvalue weighted by atomic mass is 15.3. The summed E-state index contributed by atoms with van der Waals surface area (Å²) >= 11 is 0. The third-order valence-electron chi connectivity index (χ3n) is 4.17. The number of piperazine rings is 1. The molecule has 0 bridgehead atoms. The summed E-state index contributed by atoms with van der Waals surface area (Å²) in [6.45, 7) is 12.2. The van der Waals surface area contributed by atoms with Gasteiger partial charge in [-0.1, -0.05) is 6.92 Å². The molecule has 1 aliphatic heterocycles. The molecular formula is C14H29N3. The third kappa shape index (κ3) is 4.57. The van der Waals surface area contributed by atoms with Gasteiger partial charge in [0, 0.05) is 31.7 Å². The largest absolute Gasteiger partial charge is 0.314 e. The fourth-order valence-corrected chi connectivity index (χ4v) is 2.80. The average molecular weight is 239 g/mol.